The first-order valence-corrected chi connectivity index (χ1v) is 9.95. The van der Waals surface area contributed by atoms with E-state index in [2.05, 4.69) is 14.8 Å². The third kappa shape index (κ3) is 5.49. The lowest BCUT2D eigenvalue weighted by Crippen LogP contribution is -2.48. The number of nitrogens with zero attached hydrogens (tertiary/aromatic N) is 3. The quantitative estimate of drug-likeness (QED) is 0.616. The fraction of sp³-hybridized carbons (Fsp3) is 0.421. The van der Waals surface area contributed by atoms with E-state index in [9.17, 15) is 9.59 Å². The normalized spacial score (nSPS) is 18.8. The van der Waals surface area contributed by atoms with Crippen LogP contribution in [0.25, 0.3) is 6.08 Å². The molecule has 0 aromatic heterocycles. The van der Waals surface area contributed by atoms with Crippen LogP contribution in [0, 0.1) is 0 Å². The highest BCUT2D eigenvalue weighted by Crippen LogP contribution is 2.33. The van der Waals surface area contributed by atoms with Crippen LogP contribution >= 0.6 is 11.8 Å². The van der Waals surface area contributed by atoms with E-state index in [1.165, 1.54) is 18.9 Å². The number of methoxy groups -OCH3 is 1. The zero-order valence-electron chi connectivity index (χ0n) is 16.0. The van der Waals surface area contributed by atoms with Crippen LogP contribution in [0.15, 0.2) is 28.1 Å². The van der Waals surface area contributed by atoms with E-state index in [0.717, 1.165) is 31.7 Å². The largest absolute Gasteiger partial charge is 0.493 e. The molecule has 1 amide bonds. The van der Waals surface area contributed by atoms with Gasteiger partial charge in [0.1, 0.15) is 0 Å². The number of carbonyl (C=O) groups excluding carboxylic acids is 1. The number of aliphatic hydroxyl groups excluding tert-OH is 1. The molecule has 10 heteroatoms. The summed E-state index contributed by atoms with van der Waals surface area (Å²) in [4.78, 5) is 32.0. The summed E-state index contributed by atoms with van der Waals surface area (Å²) in [6.45, 7) is 3.50. The predicted octanol–water partition coefficient (Wildman–Crippen LogP) is 0.739. The number of rotatable bonds is 7. The summed E-state index contributed by atoms with van der Waals surface area (Å²) in [5.74, 6) is -0.654. The molecule has 2 N–H and O–H groups in total. The Morgan fingerprint density at radius 2 is 2.03 bits per heavy atom. The van der Waals surface area contributed by atoms with Crippen molar-refractivity contribution in [1.29, 1.82) is 0 Å². The Morgan fingerprint density at radius 1 is 1.28 bits per heavy atom. The molecule has 2 heterocycles. The molecule has 0 saturated carbocycles. The standard InChI is InChI=1S/C19H23N3O6S/c1-27-15-10-13(2-3-14(15)28-12-17(24)25)11-16-18(26)20-19(29-16)22-6-4-21(5-7-22)8-9-23/h2-3,10-11,23H,4-9,12H2,1H3,(H,24,25)/b16-11-. The van der Waals surface area contributed by atoms with E-state index >= 15 is 0 Å². The van der Waals surface area contributed by atoms with Crippen LogP contribution < -0.4 is 9.47 Å². The molecule has 29 heavy (non-hydrogen) atoms. The van der Waals surface area contributed by atoms with Gasteiger partial charge in [0.25, 0.3) is 5.91 Å². The van der Waals surface area contributed by atoms with Gasteiger partial charge in [0.15, 0.2) is 23.3 Å². The van der Waals surface area contributed by atoms with Crippen molar-refractivity contribution in [2.45, 2.75) is 0 Å². The third-order valence-electron chi connectivity index (χ3n) is 4.50. The Labute approximate surface area is 172 Å². The Kier molecular flexibility index (Phi) is 7.13. The van der Waals surface area contributed by atoms with E-state index in [1.54, 1.807) is 24.3 Å². The number of hydrogen-bond donors (Lipinski definition) is 2. The predicted molar refractivity (Wildman–Crippen MR) is 109 cm³/mol. The van der Waals surface area contributed by atoms with Gasteiger partial charge in [-0.2, -0.15) is 4.99 Å². The summed E-state index contributed by atoms with van der Waals surface area (Å²) >= 11 is 1.34. The highest BCUT2D eigenvalue weighted by molar-refractivity contribution is 8.18. The van der Waals surface area contributed by atoms with Crippen molar-refractivity contribution < 1.29 is 29.3 Å². The second kappa shape index (κ2) is 9.77. The molecular formula is C19H23N3O6S. The van der Waals surface area contributed by atoms with Crippen LogP contribution in [-0.4, -0.2) is 90.1 Å². The Morgan fingerprint density at radius 3 is 2.69 bits per heavy atom. The average Bonchev–Trinajstić information content (AvgIpc) is 3.08. The maximum Gasteiger partial charge on any atom is 0.341 e. The Hall–Kier alpha value is -2.56. The van der Waals surface area contributed by atoms with Gasteiger partial charge in [-0.25, -0.2) is 4.79 Å². The van der Waals surface area contributed by atoms with Crippen LogP contribution in [-0.2, 0) is 9.59 Å². The van der Waals surface area contributed by atoms with Crippen molar-refractivity contribution in [1.82, 2.24) is 9.80 Å². The molecule has 1 saturated heterocycles. The molecule has 2 aliphatic heterocycles. The number of carbonyl (C=O) groups is 2. The summed E-state index contributed by atoms with van der Waals surface area (Å²) in [6, 6.07) is 5.02. The van der Waals surface area contributed by atoms with Gasteiger partial charge < -0.3 is 24.6 Å². The lowest BCUT2D eigenvalue weighted by Gasteiger charge is -2.34. The van der Waals surface area contributed by atoms with E-state index in [4.69, 9.17) is 19.7 Å². The third-order valence-corrected chi connectivity index (χ3v) is 5.55. The first kappa shape index (κ1) is 21.2. The minimum absolute atomic E-state index is 0.144. The molecular weight excluding hydrogens is 398 g/mol. The second-order valence-corrected chi connectivity index (χ2v) is 7.46. The number of benzene rings is 1. The van der Waals surface area contributed by atoms with E-state index in [1.807, 2.05) is 0 Å². The monoisotopic (exact) mass is 421 g/mol. The minimum Gasteiger partial charge on any atom is -0.493 e. The lowest BCUT2D eigenvalue weighted by atomic mass is 10.2. The van der Waals surface area contributed by atoms with Gasteiger partial charge in [-0.15, -0.1) is 0 Å². The van der Waals surface area contributed by atoms with Crippen LogP contribution in [0.1, 0.15) is 5.56 Å². The molecule has 3 rings (SSSR count). The smallest absolute Gasteiger partial charge is 0.341 e. The molecule has 0 aliphatic carbocycles. The molecule has 0 bridgehead atoms. The number of aliphatic imine (C=N–C) groups is 1. The zero-order valence-corrected chi connectivity index (χ0v) is 16.9. The van der Waals surface area contributed by atoms with Crippen LogP contribution in [0.3, 0.4) is 0 Å². The van der Waals surface area contributed by atoms with Gasteiger partial charge in [-0.1, -0.05) is 6.07 Å². The number of β-amino-alcohol motifs (C(OH)–C–C–N with tert-alkyl or cyclic N) is 1. The fourth-order valence-corrected chi connectivity index (χ4v) is 3.99. The van der Waals surface area contributed by atoms with Gasteiger partial charge >= 0.3 is 5.97 Å². The first-order valence-electron chi connectivity index (χ1n) is 9.13. The van der Waals surface area contributed by atoms with Crippen molar-refractivity contribution in [3.63, 3.8) is 0 Å². The first-order chi connectivity index (χ1) is 14.0. The molecule has 1 fully saturated rings. The van der Waals surface area contributed by atoms with Crippen molar-refractivity contribution in [3.05, 3.63) is 28.7 Å². The number of aliphatic carboxylic acids is 1. The molecule has 0 unspecified atom stereocenters. The van der Waals surface area contributed by atoms with Crippen molar-refractivity contribution in [2.75, 3.05) is 53.0 Å². The number of carboxylic acid groups (broad SMARTS) is 1. The maximum atomic E-state index is 12.3. The average molecular weight is 421 g/mol. The molecule has 1 aromatic carbocycles. The van der Waals surface area contributed by atoms with E-state index in [0.29, 0.717) is 28.1 Å². The molecule has 2 aliphatic rings. The Balaban J connectivity index is 1.66. The summed E-state index contributed by atoms with van der Waals surface area (Å²) in [7, 11) is 1.47. The molecule has 156 valence electrons. The van der Waals surface area contributed by atoms with Gasteiger partial charge in [-0.3, -0.25) is 9.69 Å². The number of aliphatic hydroxyl groups is 1. The SMILES string of the molecule is COc1cc(/C=C2\SC(N3CCN(CCO)CC3)=NC2=O)ccc1OCC(=O)O. The zero-order chi connectivity index (χ0) is 20.8. The number of piperazine rings is 1. The number of amidine groups is 1. The van der Waals surface area contributed by atoms with Gasteiger partial charge in [0, 0.05) is 32.7 Å². The summed E-state index contributed by atoms with van der Waals surface area (Å²) < 4.78 is 10.4. The van der Waals surface area contributed by atoms with E-state index < -0.39 is 12.6 Å². The molecule has 0 atom stereocenters. The second-order valence-electron chi connectivity index (χ2n) is 6.46. The number of carboxylic acids is 1. The maximum absolute atomic E-state index is 12.3. The molecule has 1 aromatic rings. The van der Waals surface area contributed by atoms with Crippen LogP contribution in [0.5, 0.6) is 11.5 Å². The minimum atomic E-state index is -1.08. The fourth-order valence-electron chi connectivity index (χ4n) is 3.02. The van der Waals surface area contributed by atoms with E-state index in [-0.39, 0.29) is 12.5 Å². The summed E-state index contributed by atoms with van der Waals surface area (Å²) in [5.41, 5.74) is 0.726. The van der Waals surface area contributed by atoms with Gasteiger partial charge in [0.2, 0.25) is 0 Å². The van der Waals surface area contributed by atoms with Gasteiger partial charge in [-0.05, 0) is 35.5 Å². The number of amides is 1. The van der Waals surface area contributed by atoms with Crippen molar-refractivity contribution in [3.8, 4) is 11.5 Å². The summed E-state index contributed by atoms with van der Waals surface area (Å²) in [5, 5.41) is 18.5. The highest BCUT2D eigenvalue weighted by Gasteiger charge is 2.28. The molecule has 0 spiro atoms. The Bertz CT molecular complexity index is 833. The number of hydrogen-bond acceptors (Lipinski definition) is 8. The van der Waals surface area contributed by atoms with Crippen molar-refractivity contribution in [2.24, 2.45) is 4.99 Å². The topological polar surface area (TPSA) is 112 Å². The molecule has 9 nitrogen and oxygen atoms in total. The highest BCUT2D eigenvalue weighted by atomic mass is 32.2. The van der Waals surface area contributed by atoms with Crippen LogP contribution in [0.2, 0.25) is 0 Å². The lowest BCUT2D eigenvalue weighted by molar-refractivity contribution is -0.139. The molecule has 0 radical (unpaired) electrons. The summed E-state index contributed by atoms with van der Waals surface area (Å²) in [6.07, 6.45) is 1.73. The number of ether oxygens (including phenoxy) is 2. The van der Waals surface area contributed by atoms with Crippen molar-refractivity contribution >= 4 is 34.9 Å². The number of thioether (sulfide) groups is 1. The van der Waals surface area contributed by atoms with Gasteiger partial charge in [0.05, 0.1) is 18.6 Å². The van der Waals surface area contributed by atoms with Crippen LogP contribution in [0.4, 0.5) is 0 Å².